The van der Waals surface area contributed by atoms with Gasteiger partial charge in [0.25, 0.3) is 0 Å². The monoisotopic (exact) mass is 262 g/mol. The van der Waals surface area contributed by atoms with Crippen molar-refractivity contribution in [2.24, 2.45) is 11.7 Å². The minimum atomic E-state index is -0.317. The van der Waals surface area contributed by atoms with Crippen LogP contribution >= 0.6 is 0 Å². The summed E-state index contributed by atoms with van der Waals surface area (Å²) in [7, 11) is 0. The molecule has 0 fully saturated rings. The summed E-state index contributed by atoms with van der Waals surface area (Å²) in [5.74, 6) is 0.0899. The third kappa shape index (κ3) is 4.67. The number of aryl methyl sites for hydroxylation is 1. The smallest absolute Gasteiger partial charge is 0.234 e. The molecule has 1 aromatic carbocycles. The molecule has 3 N–H and O–H groups in total. The van der Waals surface area contributed by atoms with Gasteiger partial charge in [0.05, 0.1) is 6.04 Å². The van der Waals surface area contributed by atoms with Gasteiger partial charge in [-0.3, -0.25) is 10.1 Å². The molecule has 2 atom stereocenters. The summed E-state index contributed by atoms with van der Waals surface area (Å²) >= 11 is 0. The van der Waals surface area contributed by atoms with E-state index in [2.05, 4.69) is 50.4 Å². The van der Waals surface area contributed by atoms with Gasteiger partial charge in [-0.05, 0) is 30.4 Å². The van der Waals surface area contributed by atoms with Crippen molar-refractivity contribution in [3.8, 4) is 0 Å². The molecule has 3 heteroatoms. The van der Waals surface area contributed by atoms with Gasteiger partial charge in [-0.25, -0.2) is 0 Å². The molecule has 0 saturated carbocycles. The number of amides is 1. The fraction of sp³-hybridized carbons (Fsp3) is 0.562. The maximum absolute atomic E-state index is 11.2. The van der Waals surface area contributed by atoms with Gasteiger partial charge in [0.1, 0.15) is 0 Å². The average Bonchev–Trinajstić information content (AvgIpc) is 2.36. The molecule has 1 aromatic rings. The van der Waals surface area contributed by atoms with E-state index in [4.69, 9.17) is 5.73 Å². The molecule has 3 nitrogen and oxygen atoms in total. The Hall–Kier alpha value is -1.35. The zero-order valence-electron chi connectivity index (χ0n) is 12.4. The fourth-order valence-electron chi connectivity index (χ4n) is 2.21. The van der Waals surface area contributed by atoms with Crippen molar-refractivity contribution >= 4 is 5.91 Å². The Morgan fingerprint density at radius 2 is 1.79 bits per heavy atom. The Kier molecular flexibility index (Phi) is 6.03. The van der Waals surface area contributed by atoms with Crippen molar-refractivity contribution in [3.63, 3.8) is 0 Å². The molecule has 0 bridgehead atoms. The summed E-state index contributed by atoms with van der Waals surface area (Å²) in [6.07, 6.45) is 2.27. The number of rotatable bonds is 7. The van der Waals surface area contributed by atoms with Gasteiger partial charge in [-0.2, -0.15) is 0 Å². The van der Waals surface area contributed by atoms with Gasteiger partial charge in [0, 0.05) is 6.04 Å². The van der Waals surface area contributed by atoms with E-state index in [0.29, 0.717) is 5.92 Å². The van der Waals surface area contributed by atoms with Crippen LogP contribution in [0.25, 0.3) is 0 Å². The van der Waals surface area contributed by atoms with Gasteiger partial charge in [-0.1, -0.05) is 51.5 Å². The lowest BCUT2D eigenvalue weighted by Crippen LogP contribution is -2.42. The zero-order chi connectivity index (χ0) is 14.4. The number of hydrogen-bond acceptors (Lipinski definition) is 2. The molecular weight excluding hydrogens is 236 g/mol. The van der Waals surface area contributed by atoms with E-state index in [0.717, 1.165) is 12.8 Å². The third-order valence-corrected chi connectivity index (χ3v) is 3.40. The van der Waals surface area contributed by atoms with Crippen LogP contribution in [0.2, 0.25) is 0 Å². The van der Waals surface area contributed by atoms with Crippen molar-refractivity contribution in [1.29, 1.82) is 0 Å². The van der Waals surface area contributed by atoms with Crippen LogP contribution in [0.5, 0.6) is 0 Å². The third-order valence-electron chi connectivity index (χ3n) is 3.40. The first kappa shape index (κ1) is 15.7. The molecule has 2 unspecified atom stereocenters. The highest BCUT2D eigenvalue weighted by atomic mass is 16.1. The summed E-state index contributed by atoms with van der Waals surface area (Å²) < 4.78 is 0. The maximum Gasteiger partial charge on any atom is 0.234 e. The average molecular weight is 262 g/mol. The number of carbonyl (C=O) groups excluding carboxylic acids is 1. The topological polar surface area (TPSA) is 55.1 Å². The lowest BCUT2D eigenvalue weighted by atomic mass is 9.94. The van der Waals surface area contributed by atoms with Crippen molar-refractivity contribution in [2.75, 3.05) is 0 Å². The number of carbonyl (C=O) groups is 1. The largest absolute Gasteiger partial charge is 0.368 e. The highest BCUT2D eigenvalue weighted by Gasteiger charge is 2.20. The zero-order valence-corrected chi connectivity index (χ0v) is 12.4. The summed E-state index contributed by atoms with van der Waals surface area (Å²) in [5, 5.41) is 3.31. The van der Waals surface area contributed by atoms with Crippen molar-refractivity contribution in [1.82, 2.24) is 5.32 Å². The number of hydrogen-bond donors (Lipinski definition) is 2. The van der Waals surface area contributed by atoms with E-state index in [-0.39, 0.29) is 18.0 Å². The standard InChI is InChI=1S/C16H26N2O/c1-5-6-13-7-9-14(10-8-13)15(11(2)3)18-12(4)16(17)19/h7-12,15,18H,5-6H2,1-4H3,(H2,17,19). The Morgan fingerprint density at radius 3 is 2.21 bits per heavy atom. The van der Waals surface area contributed by atoms with Crippen molar-refractivity contribution < 1.29 is 4.79 Å². The van der Waals surface area contributed by atoms with Crippen LogP contribution in [0.1, 0.15) is 51.3 Å². The molecule has 1 rings (SSSR count). The molecule has 1 amide bonds. The summed E-state index contributed by atoms with van der Waals surface area (Å²) in [4.78, 5) is 11.2. The predicted molar refractivity (Wildman–Crippen MR) is 79.8 cm³/mol. The quantitative estimate of drug-likeness (QED) is 0.794. The molecule has 0 aliphatic carbocycles. The van der Waals surface area contributed by atoms with Crippen LogP contribution in [0, 0.1) is 5.92 Å². The molecule has 0 aliphatic rings. The van der Waals surface area contributed by atoms with Crippen molar-refractivity contribution in [2.45, 2.75) is 52.6 Å². The van der Waals surface area contributed by atoms with Crippen LogP contribution in [0.4, 0.5) is 0 Å². The number of nitrogens with two attached hydrogens (primary N) is 1. The summed E-state index contributed by atoms with van der Waals surface area (Å²) in [5.41, 5.74) is 7.89. The van der Waals surface area contributed by atoms with Gasteiger partial charge in [0.2, 0.25) is 5.91 Å². The highest BCUT2D eigenvalue weighted by molar-refractivity contribution is 5.79. The van der Waals surface area contributed by atoms with E-state index in [1.165, 1.54) is 11.1 Å². The minimum Gasteiger partial charge on any atom is -0.368 e. The first-order valence-corrected chi connectivity index (χ1v) is 7.09. The molecular formula is C16H26N2O. The van der Waals surface area contributed by atoms with E-state index in [9.17, 15) is 4.79 Å². The Balaban J connectivity index is 2.84. The highest BCUT2D eigenvalue weighted by Crippen LogP contribution is 2.23. The summed E-state index contributed by atoms with van der Waals surface area (Å²) in [6, 6.07) is 8.48. The fourth-order valence-corrected chi connectivity index (χ4v) is 2.21. The Morgan fingerprint density at radius 1 is 1.21 bits per heavy atom. The number of primary amides is 1. The lowest BCUT2D eigenvalue weighted by molar-refractivity contribution is -0.119. The molecule has 0 spiro atoms. The molecule has 0 aliphatic heterocycles. The summed E-state index contributed by atoms with van der Waals surface area (Å²) in [6.45, 7) is 8.28. The van der Waals surface area contributed by atoms with Crippen LogP contribution < -0.4 is 11.1 Å². The van der Waals surface area contributed by atoms with Gasteiger partial charge >= 0.3 is 0 Å². The molecule has 0 aromatic heterocycles. The van der Waals surface area contributed by atoms with Crippen LogP contribution in [0.15, 0.2) is 24.3 Å². The molecule has 19 heavy (non-hydrogen) atoms. The molecule has 106 valence electrons. The first-order valence-electron chi connectivity index (χ1n) is 7.09. The Bertz CT molecular complexity index is 398. The van der Waals surface area contributed by atoms with Crippen LogP contribution in [-0.4, -0.2) is 11.9 Å². The van der Waals surface area contributed by atoms with Gasteiger partial charge in [0.15, 0.2) is 0 Å². The second-order valence-electron chi connectivity index (χ2n) is 5.50. The van der Waals surface area contributed by atoms with Crippen LogP contribution in [0.3, 0.4) is 0 Å². The molecule has 0 saturated heterocycles. The van der Waals surface area contributed by atoms with E-state index in [1.54, 1.807) is 0 Å². The van der Waals surface area contributed by atoms with E-state index in [1.807, 2.05) is 6.92 Å². The van der Waals surface area contributed by atoms with Crippen molar-refractivity contribution in [3.05, 3.63) is 35.4 Å². The molecule has 0 radical (unpaired) electrons. The SMILES string of the molecule is CCCc1ccc(C(NC(C)C(N)=O)C(C)C)cc1. The number of nitrogens with one attached hydrogen (secondary N) is 1. The second kappa shape index (κ2) is 7.29. The maximum atomic E-state index is 11.2. The van der Waals surface area contributed by atoms with Gasteiger partial charge < -0.3 is 5.73 Å². The van der Waals surface area contributed by atoms with Gasteiger partial charge in [-0.15, -0.1) is 0 Å². The molecule has 0 heterocycles. The number of benzene rings is 1. The van der Waals surface area contributed by atoms with E-state index >= 15 is 0 Å². The normalized spacial score (nSPS) is 14.4. The minimum absolute atomic E-state index is 0.151. The van der Waals surface area contributed by atoms with E-state index < -0.39 is 0 Å². The lowest BCUT2D eigenvalue weighted by Gasteiger charge is -2.25. The predicted octanol–water partition coefficient (Wildman–Crippen LogP) is 2.80. The second-order valence-corrected chi connectivity index (χ2v) is 5.50. The Labute approximate surface area is 116 Å². The van der Waals surface area contributed by atoms with Crippen LogP contribution in [-0.2, 0) is 11.2 Å². The first-order chi connectivity index (χ1) is 8.95.